The van der Waals surface area contributed by atoms with Gasteiger partial charge < -0.3 is 14.8 Å². The summed E-state index contributed by atoms with van der Waals surface area (Å²) < 4.78 is 11.5. The van der Waals surface area contributed by atoms with Gasteiger partial charge in [-0.05, 0) is 25.0 Å². The Bertz CT molecular complexity index is 436. The van der Waals surface area contributed by atoms with E-state index < -0.39 is 0 Å². The van der Waals surface area contributed by atoms with E-state index in [1.807, 2.05) is 18.2 Å². The highest BCUT2D eigenvalue weighted by Crippen LogP contribution is 2.41. The van der Waals surface area contributed by atoms with Crippen molar-refractivity contribution in [2.45, 2.75) is 38.8 Å². The van der Waals surface area contributed by atoms with Crippen molar-refractivity contribution in [3.05, 3.63) is 28.8 Å². The molecule has 0 bridgehead atoms. The Balaban J connectivity index is 2.23. The fraction of sp³-hybridized carbons (Fsp3) is 0.625. The van der Waals surface area contributed by atoms with Crippen molar-refractivity contribution < 1.29 is 9.47 Å². The molecule has 1 aliphatic heterocycles. The van der Waals surface area contributed by atoms with Gasteiger partial charge in [0.15, 0.2) is 0 Å². The van der Waals surface area contributed by atoms with E-state index in [9.17, 15) is 0 Å². The molecule has 2 unspecified atom stereocenters. The largest absolute Gasteiger partial charge is 0.496 e. The number of benzene rings is 1. The lowest BCUT2D eigenvalue weighted by atomic mass is 9.88. The van der Waals surface area contributed by atoms with Crippen LogP contribution in [0.2, 0.25) is 5.02 Å². The van der Waals surface area contributed by atoms with Gasteiger partial charge >= 0.3 is 0 Å². The van der Waals surface area contributed by atoms with Gasteiger partial charge in [-0.25, -0.2) is 0 Å². The summed E-state index contributed by atoms with van der Waals surface area (Å²) in [4.78, 5) is 0. The minimum absolute atomic E-state index is 0.0126. The molecule has 1 aromatic carbocycles. The van der Waals surface area contributed by atoms with Crippen molar-refractivity contribution in [1.82, 2.24) is 5.32 Å². The Morgan fingerprint density at radius 1 is 1.45 bits per heavy atom. The topological polar surface area (TPSA) is 30.5 Å². The zero-order valence-corrected chi connectivity index (χ0v) is 13.2. The summed E-state index contributed by atoms with van der Waals surface area (Å²) in [5, 5.41) is 4.24. The first-order chi connectivity index (χ1) is 9.63. The number of ether oxygens (including phenoxy) is 2. The average molecular weight is 298 g/mol. The second-order valence-electron chi connectivity index (χ2n) is 5.61. The molecule has 112 valence electrons. The molecule has 0 radical (unpaired) electrons. The van der Waals surface area contributed by atoms with E-state index in [0.29, 0.717) is 12.0 Å². The van der Waals surface area contributed by atoms with E-state index in [1.165, 1.54) is 0 Å². The van der Waals surface area contributed by atoms with Crippen molar-refractivity contribution in [3.63, 3.8) is 0 Å². The van der Waals surface area contributed by atoms with Crippen molar-refractivity contribution in [2.24, 2.45) is 5.92 Å². The molecule has 0 aromatic heterocycles. The third-order valence-corrected chi connectivity index (χ3v) is 4.08. The highest BCUT2D eigenvalue weighted by molar-refractivity contribution is 6.31. The maximum Gasteiger partial charge on any atom is 0.126 e. The van der Waals surface area contributed by atoms with Gasteiger partial charge in [-0.1, -0.05) is 31.5 Å². The van der Waals surface area contributed by atoms with Crippen LogP contribution in [0.4, 0.5) is 0 Å². The van der Waals surface area contributed by atoms with Crippen LogP contribution in [0.1, 0.15) is 38.4 Å². The van der Waals surface area contributed by atoms with Crippen LogP contribution in [-0.4, -0.2) is 26.3 Å². The fourth-order valence-electron chi connectivity index (χ4n) is 2.73. The fourth-order valence-corrected chi connectivity index (χ4v) is 3.00. The van der Waals surface area contributed by atoms with Crippen LogP contribution >= 0.6 is 11.6 Å². The highest BCUT2D eigenvalue weighted by Gasteiger charge is 2.31. The maximum absolute atomic E-state index is 6.39. The summed E-state index contributed by atoms with van der Waals surface area (Å²) >= 11 is 6.39. The summed E-state index contributed by atoms with van der Waals surface area (Å²) in [6, 6.07) is 6.25. The summed E-state index contributed by atoms with van der Waals surface area (Å²) in [5.74, 6) is 1.25. The number of nitrogens with one attached hydrogen (secondary N) is 1. The van der Waals surface area contributed by atoms with Crippen LogP contribution in [0.3, 0.4) is 0 Å². The molecule has 0 amide bonds. The first kappa shape index (κ1) is 15.6. The van der Waals surface area contributed by atoms with E-state index in [2.05, 4.69) is 19.2 Å². The lowest BCUT2D eigenvalue weighted by molar-refractivity contribution is -0.0292. The Morgan fingerprint density at radius 3 is 2.95 bits per heavy atom. The smallest absolute Gasteiger partial charge is 0.126 e. The molecular formula is C16H24ClNO2. The third-order valence-electron chi connectivity index (χ3n) is 3.75. The molecule has 2 atom stereocenters. The van der Waals surface area contributed by atoms with Crippen molar-refractivity contribution in [3.8, 4) is 5.75 Å². The van der Waals surface area contributed by atoms with Crippen molar-refractivity contribution in [1.29, 1.82) is 0 Å². The Morgan fingerprint density at radius 2 is 2.25 bits per heavy atom. The van der Waals surface area contributed by atoms with Gasteiger partial charge in [0.05, 0.1) is 18.2 Å². The minimum atomic E-state index is 0.0126. The van der Waals surface area contributed by atoms with Gasteiger partial charge in [0, 0.05) is 30.7 Å². The normalized spacial score (nSPS) is 23.1. The summed E-state index contributed by atoms with van der Waals surface area (Å²) in [5.41, 5.74) is 0.993. The first-order valence-corrected chi connectivity index (χ1v) is 7.68. The molecule has 1 heterocycles. The molecule has 0 saturated carbocycles. The minimum Gasteiger partial charge on any atom is -0.496 e. The molecule has 3 nitrogen and oxygen atoms in total. The zero-order chi connectivity index (χ0) is 14.5. The van der Waals surface area contributed by atoms with Crippen LogP contribution in [-0.2, 0) is 4.74 Å². The third kappa shape index (κ3) is 3.66. The molecule has 4 heteroatoms. The van der Waals surface area contributed by atoms with Crippen molar-refractivity contribution >= 4 is 11.6 Å². The average Bonchev–Trinajstić information content (AvgIpc) is 2.45. The van der Waals surface area contributed by atoms with Gasteiger partial charge in [0.25, 0.3) is 0 Å². The molecule has 0 spiro atoms. The summed E-state index contributed by atoms with van der Waals surface area (Å²) in [7, 11) is 1.68. The molecule has 1 N–H and O–H groups in total. The van der Waals surface area contributed by atoms with E-state index in [-0.39, 0.29) is 6.10 Å². The van der Waals surface area contributed by atoms with Crippen LogP contribution < -0.4 is 10.1 Å². The number of methoxy groups -OCH3 is 1. The maximum atomic E-state index is 6.39. The van der Waals surface area contributed by atoms with Gasteiger partial charge in [0.2, 0.25) is 0 Å². The van der Waals surface area contributed by atoms with E-state index in [0.717, 1.165) is 42.3 Å². The lowest BCUT2D eigenvalue weighted by Gasteiger charge is -2.34. The Labute approximate surface area is 126 Å². The lowest BCUT2D eigenvalue weighted by Crippen LogP contribution is -2.35. The summed E-state index contributed by atoms with van der Waals surface area (Å²) in [6.45, 7) is 6.05. The van der Waals surface area contributed by atoms with Crippen LogP contribution in [0.25, 0.3) is 0 Å². The molecule has 1 saturated heterocycles. The van der Waals surface area contributed by atoms with E-state index >= 15 is 0 Å². The van der Waals surface area contributed by atoms with Crippen LogP contribution in [0.15, 0.2) is 18.2 Å². The van der Waals surface area contributed by atoms with Gasteiger partial charge in [0.1, 0.15) is 5.75 Å². The number of rotatable bonds is 5. The van der Waals surface area contributed by atoms with E-state index in [4.69, 9.17) is 21.1 Å². The van der Waals surface area contributed by atoms with Crippen LogP contribution in [0.5, 0.6) is 5.75 Å². The number of hydrogen-bond acceptors (Lipinski definition) is 3. The predicted molar refractivity (Wildman–Crippen MR) is 82.6 cm³/mol. The molecule has 1 fully saturated rings. The van der Waals surface area contributed by atoms with Gasteiger partial charge in [-0.15, -0.1) is 0 Å². The van der Waals surface area contributed by atoms with E-state index in [1.54, 1.807) is 7.11 Å². The molecule has 2 rings (SSSR count). The highest BCUT2D eigenvalue weighted by atomic mass is 35.5. The second kappa shape index (κ2) is 7.30. The zero-order valence-electron chi connectivity index (χ0n) is 12.5. The number of hydrogen-bond donors (Lipinski definition) is 1. The molecule has 1 aromatic rings. The second-order valence-corrected chi connectivity index (χ2v) is 6.02. The standard InChI is InChI=1S/C16H24ClNO2/c1-11(2)18-10-12-6-5-9-20-16(12)15-13(17)7-4-8-14(15)19-3/h4,7-8,11-12,16,18H,5-6,9-10H2,1-3H3. The molecule has 20 heavy (non-hydrogen) atoms. The Hall–Kier alpha value is -0.770. The number of halogens is 1. The first-order valence-electron chi connectivity index (χ1n) is 7.31. The molecule has 1 aliphatic rings. The monoisotopic (exact) mass is 297 g/mol. The SMILES string of the molecule is COc1cccc(Cl)c1C1OCCCC1CNC(C)C. The van der Waals surface area contributed by atoms with Gasteiger partial charge in [-0.2, -0.15) is 0 Å². The van der Waals surface area contributed by atoms with Crippen molar-refractivity contribution in [2.75, 3.05) is 20.3 Å². The summed E-state index contributed by atoms with van der Waals surface area (Å²) in [6.07, 6.45) is 2.27. The van der Waals surface area contributed by atoms with Crippen LogP contribution in [0, 0.1) is 5.92 Å². The molecule has 0 aliphatic carbocycles. The predicted octanol–water partition coefficient (Wildman–Crippen LogP) is 3.81. The quantitative estimate of drug-likeness (QED) is 0.896. The van der Waals surface area contributed by atoms with Gasteiger partial charge in [-0.3, -0.25) is 0 Å². The molecular weight excluding hydrogens is 274 g/mol. The Kier molecular flexibility index (Phi) is 5.70.